The van der Waals surface area contributed by atoms with Crippen LogP contribution in [-0.2, 0) is 9.53 Å². The smallest absolute Gasteiger partial charge is 0.263 e. The fourth-order valence-corrected chi connectivity index (χ4v) is 5.92. The van der Waals surface area contributed by atoms with Gasteiger partial charge in [-0.1, -0.05) is 23.8 Å². The maximum absolute atomic E-state index is 13.3. The minimum atomic E-state index is -0.260. The Labute approximate surface area is 218 Å². The quantitative estimate of drug-likeness (QED) is 0.563. The molecule has 0 N–H and O–H groups in total. The Morgan fingerprint density at radius 2 is 1.59 bits per heavy atom. The molecule has 3 aliphatic rings. The highest BCUT2D eigenvalue weighted by atomic mass is 16.5. The van der Waals surface area contributed by atoms with E-state index in [1.165, 1.54) is 21.7 Å². The zero-order chi connectivity index (χ0) is 26.1. The monoisotopic (exact) mass is 504 g/mol. The number of anilines is 2. The molecule has 0 atom stereocenters. The molecule has 0 bridgehead atoms. The Morgan fingerprint density at radius 3 is 2.27 bits per heavy atom. The number of fused-ring (bicyclic) bond motifs is 1. The summed E-state index contributed by atoms with van der Waals surface area (Å²) in [5, 5.41) is 0. The van der Waals surface area contributed by atoms with E-state index in [-0.39, 0.29) is 30.2 Å². The molecule has 196 valence electrons. The summed E-state index contributed by atoms with van der Waals surface area (Å²) >= 11 is 0. The van der Waals surface area contributed by atoms with Crippen LogP contribution >= 0.6 is 0 Å². The number of carbonyl (C=O) groups is 3. The lowest BCUT2D eigenvalue weighted by Crippen LogP contribution is -2.52. The number of ether oxygens (including phenoxy) is 1. The van der Waals surface area contributed by atoms with Crippen LogP contribution in [0.5, 0.6) is 0 Å². The third-order valence-corrected chi connectivity index (χ3v) is 7.97. The number of methoxy groups -OCH3 is 1. The number of nitrogens with zero attached hydrogens (tertiary/aromatic N) is 4. The van der Waals surface area contributed by atoms with Crippen molar-refractivity contribution in [3.63, 3.8) is 0 Å². The van der Waals surface area contributed by atoms with Crippen LogP contribution in [0.2, 0.25) is 0 Å². The molecule has 0 aliphatic carbocycles. The van der Waals surface area contributed by atoms with Gasteiger partial charge in [-0.25, -0.2) is 0 Å². The molecule has 2 aromatic rings. The highest BCUT2D eigenvalue weighted by molar-refractivity contribution is 6.23. The van der Waals surface area contributed by atoms with Gasteiger partial charge in [-0.2, -0.15) is 0 Å². The highest BCUT2D eigenvalue weighted by Gasteiger charge is 2.39. The second-order valence-electron chi connectivity index (χ2n) is 10.3. The van der Waals surface area contributed by atoms with Crippen molar-refractivity contribution in [2.24, 2.45) is 5.92 Å². The highest BCUT2D eigenvalue weighted by Crippen LogP contribution is 2.34. The summed E-state index contributed by atoms with van der Waals surface area (Å²) in [6, 6.07) is 12.0. The lowest BCUT2D eigenvalue weighted by Gasteiger charge is -2.40. The van der Waals surface area contributed by atoms with Crippen LogP contribution in [0.4, 0.5) is 11.4 Å². The van der Waals surface area contributed by atoms with Crippen LogP contribution in [0.15, 0.2) is 36.4 Å². The third-order valence-electron chi connectivity index (χ3n) is 7.97. The Hall–Kier alpha value is -3.39. The third kappa shape index (κ3) is 4.82. The first kappa shape index (κ1) is 25.3. The van der Waals surface area contributed by atoms with Crippen LogP contribution in [0.25, 0.3) is 0 Å². The fourth-order valence-electron chi connectivity index (χ4n) is 5.92. The normalized spacial score (nSPS) is 18.6. The first-order chi connectivity index (χ1) is 17.9. The molecule has 3 aliphatic heterocycles. The van der Waals surface area contributed by atoms with Gasteiger partial charge >= 0.3 is 0 Å². The minimum Gasteiger partial charge on any atom is -0.383 e. The van der Waals surface area contributed by atoms with Gasteiger partial charge in [-0.05, 0) is 50.5 Å². The summed E-state index contributed by atoms with van der Waals surface area (Å²) in [5.74, 6) is -0.275. The molecule has 8 heteroatoms. The van der Waals surface area contributed by atoms with Crippen molar-refractivity contribution < 1.29 is 19.1 Å². The van der Waals surface area contributed by atoms with Crippen molar-refractivity contribution in [2.45, 2.75) is 26.7 Å². The number of piperidine rings is 1. The van der Waals surface area contributed by atoms with Gasteiger partial charge in [0.05, 0.1) is 30.0 Å². The number of benzene rings is 2. The summed E-state index contributed by atoms with van der Waals surface area (Å²) in [6.45, 7) is 9.38. The predicted octanol–water partition coefficient (Wildman–Crippen LogP) is 3.11. The Kier molecular flexibility index (Phi) is 7.20. The van der Waals surface area contributed by atoms with Gasteiger partial charge in [0.2, 0.25) is 5.91 Å². The van der Waals surface area contributed by atoms with E-state index in [1.807, 2.05) is 17.0 Å². The molecule has 0 unspecified atom stereocenters. The van der Waals surface area contributed by atoms with Crippen molar-refractivity contribution in [3.8, 4) is 0 Å². The number of carbonyl (C=O) groups excluding carboxylic acids is 3. The molecule has 3 heterocycles. The topological polar surface area (TPSA) is 73.4 Å². The van der Waals surface area contributed by atoms with Gasteiger partial charge in [-0.3, -0.25) is 19.3 Å². The van der Waals surface area contributed by atoms with Crippen molar-refractivity contribution >= 4 is 29.1 Å². The molecule has 0 aromatic heterocycles. The van der Waals surface area contributed by atoms with Gasteiger partial charge in [-0.15, -0.1) is 0 Å². The Bertz CT molecular complexity index is 1200. The van der Waals surface area contributed by atoms with Gasteiger partial charge in [0.15, 0.2) is 0 Å². The van der Waals surface area contributed by atoms with E-state index in [1.54, 1.807) is 13.2 Å². The molecule has 8 nitrogen and oxygen atoms in total. The van der Waals surface area contributed by atoms with E-state index in [9.17, 15) is 14.4 Å². The molecule has 3 amide bonds. The van der Waals surface area contributed by atoms with Crippen LogP contribution in [0, 0.1) is 19.8 Å². The second kappa shape index (κ2) is 10.5. The molecular formula is C29H36N4O4. The zero-order valence-corrected chi connectivity index (χ0v) is 22.0. The largest absolute Gasteiger partial charge is 0.383 e. The van der Waals surface area contributed by atoms with Gasteiger partial charge in [0, 0.05) is 58.0 Å². The van der Waals surface area contributed by atoms with E-state index in [0.717, 1.165) is 44.7 Å². The summed E-state index contributed by atoms with van der Waals surface area (Å²) in [5.41, 5.74) is 5.54. The van der Waals surface area contributed by atoms with Crippen molar-refractivity contribution in [1.82, 2.24) is 9.80 Å². The van der Waals surface area contributed by atoms with Crippen LogP contribution in [-0.4, -0.2) is 87.1 Å². The van der Waals surface area contributed by atoms with E-state index < -0.39 is 0 Å². The number of hydrogen-bond donors (Lipinski definition) is 0. The molecule has 2 fully saturated rings. The van der Waals surface area contributed by atoms with Gasteiger partial charge in [0.25, 0.3) is 11.8 Å². The average Bonchev–Trinajstić information content (AvgIpc) is 3.16. The van der Waals surface area contributed by atoms with Gasteiger partial charge in [0.1, 0.15) is 0 Å². The maximum Gasteiger partial charge on any atom is 0.263 e. The summed E-state index contributed by atoms with van der Waals surface area (Å²) in [6.07, 6.45) is 1.49. The predicted molar refractivity (Wildman–Crippen MR) is 143 cm³/mol. The van der Waals surface area contributed by atoms with E-state index in [2.05, 4.69) is 41.8 Å². The number of imide groups is 1. The molecular weight excluding hydrogens is 468 g/mol. The fraction of sp³-hybridized carbons (Fsp3) is 0.483. The van der Waals surface area contributed by atoms with Crippen molar-refractivity contribution in [3.05, 3.63) is 58.7 Å². The average molecular weight is 505 g/mol. The molecule has 5 rings (SSSR count). The zero-order valence-electron chi connectivity index (χ0n) is 22.0. The van der Waals surface area contributed by atoms with E-state index in [4.69, 9.17) is 4.74 Å². The molecule has 0 saturated carbocycles. The Morgan fingerprint density at radius 1 is 0.892 bits per heavy atom. The van der Waals surface area contributed by atoms with Crippen molar-refractivity contribution in [1.29, 1.82) is 0 Å². The van der Waals surface area contributed by atoms with Crippen molar-refractivity contribution in [2.75, 3.05) is 69.3 Å². The molecule has 2 saturated heterocycles. The van der Waals surface area contributed by atoms with Crippen LogP contribution in [0.1, 0.15) is 44.7 Å². The number of hydrogen-bond acceptors (Lipinski definition) is 6. The Balaban J connectivity index is 1.19. The van der Waals surface area contributed by atoms with Gasteiger partial charge < -0.3 is 19.4 Å². The first-order valence-electron chi connectivity index (χ1n) is 13.2. The molecule has 2 aromatic carbocycles. The summed E-state index contributed by atoms with van der Waals surface area (Å²) in [7, 11) is 1.56. The second-order valence-corrected chi connectivity index (χ2v) is 10.3. The molecule has 0 spiro atoms. The molecule has 0 radical (unpaired) electrons. The lowest BCUT2D eigenvalue weighted by atomic mass is 9.93. The summed E-state index contributed by atoms with van der Waals surface area (Å²) in [4.78, 5) is 47.1. The van der Waals surface area contributed by atoms with E-state index >= 15 is 0 Å². The number of rotatable bonds is 6. The number of aryl methyl sites for hydroxylation is 2. The first-order valence-corrected chi connectivity index (χ1v) is 13.2. The number of piperazine rings is 1. The summed E-state index contributed by atoms with van der Waals surface area (Å²) < 4.78 is 5.07. The lowest BCUT2D eigenvalue weighted by molar-refractivity contribution is -0.136. The SMILES string of the molecule is COCCN1C(=O)c2cccc(N3CCC(C(=O)N4CCN(c5ccc(C)cc5C)CC4)CC3)c2C1=O. The van der Waals surface area contributed by atoms with Crippen LogP contribution in [0.3, 0.4) is 0 Å². The minimum absolute atomic E-state index is 0.00351. The molecule has 37 heavy (non-hydrogen) atoms. The van der Waals surface area contributed by atoms with E-state index in [0.29, 0.717) is 30.8 Å². The van der Waals surface area contributed by atoms with Crippen LogP contribution < -0.4 is 9.80 Å². The standard InChI is InChI=1S/C29H36N4O4/c1-20-7-8-24(21(2)19-20)31-13-15-32(16-14-31)27(34)22-9-11-30(12-10-22)25-6-4-5-23-26(25)29(36)33(28(23)35)17-18-37-3/h4-8,19,22H,9-18H2,1-3H3. The number of amides is 3. The maximum atomic E-state index is 13.3.